The molecule has 4 heteroatoms. The first kappa shape index (κ1) is 11.1. The van der Waals surface area contributed by atoms with Crippen LogP contribution in [0.1, 0.15) is 13.3 Å². The van der Waals surface area contributed by atoms with Crippen LogP contribution in [-0.2, 0) is 8.98 Å². The van der Waals surface area contributed by atoms with Crippen molar-refractivity contribution >= 4 is 18.0 Å². The minimum absolute atomic E-state index is 0.0276. The molecule has 0 aliphatic carbocycles. The summed E-state index contributed by atoms with van der Waals surface area (Å²) in [7, 11) is 0. The second-order valence-electron chi connectivity index (χ2n) is 2.90. The van der Waals surface area contributed by atoms with E-state index in [1.54, 1.807) is 6.92 Å². The van der Waals surface area contributed by atoms with Crippen LogP contribution >= 0.6 is 12.0 Å². The molecule has 0 bridgehead atoms. The Morgan fingerprint density at radius 1 is 1.50 bits per heavy atom. The number of hydrogen-bond donors (Lipinski definition) is 1. The zero-order valence-corrected chi connectivity index (χ0v) is 8.66. The van der Waals surface area contributed by atoms with Gasteiger partial charge in [-0.3, -0.25) is 4.79 Å². The first-order chi connectivity index (χ1) is 6.68. The standard InChI is InChI=1S/C10H12O3S/c1-8(11)7-10(12)13-14-9-5-3-2-4-6-9/h2-6,8,11H,7H2,1H3. The normalized spacial score (nSPS) is 12.1. The lowest BCUT2D eigenvalue weighted by Crippen LogP contribution is -2.09. The topological polar surface area (TPSA) is 46.5 Å². The molecule has 1 rings (SSSR count). The van der Waals surface area contributed by atoms with Gasteiger partial charge in [-0.1, -0.05) is 18.2 Å². The molecule has 1 N–H and O–H groups in total. The van der Waals surface area contributed by atoms with E-state index in [4.69, 9.17) is 9.29 Å². The van der Waals surface area contributed by atoms with Crippen LogP contribution in [0.3, 0.4) is 0 Å². The Morgan fingerprint density at radius 3 is 2.71 bits per heavy atom. The molecule has 3 nitrogen and oxygen atoms in total. The van der Waals surface area contributed by atoms with E-state index < -0.39 is 12.1 Å². The van der Waals surface area contributed by atoms with Gasteiger partial charge in [-0.05, 0) is 19.1 Å². The Morgan fingerprint density at radius 2 is 2.14 bits per heavy atom. The molecule has 0 spiro atoms. The summed E-state index contributed by atoms with van der Waals surface area (Å²) in [5.74, 6) is -0.408. The lowest BCUT2D eigenvalue weighted by atomic mass is 10.3. The van der Waals surface area contributed by atoms with Gasteiger partial charge in [-0.2, -0.15) is 0 Å². The Kier molecular flexibility index (Phi) is 4.49. The van der Waals surface area contributed by atoms with E-state index in [9.17, 15) is 4.79 Å². The largest absolute Gasteiger partial charge is 0.393 e. The van der Waals surface area contributed by atoms with Crippen molar-refractivity contribution in [2.24, 2.45) is 0 Å². The fourth-order valence-electron chi connectivity index (χ4n) is 0.846. The first-order valence-corrected chi connectivity index (χ1v) is 5.03. The highest BCUT2D eigenvalue weighted by atomic mass is 32.2. The summed E-state index contributed by atoms with van der Waals surface area (Å²) in [6.45, 7) is 1.55. The molecule has 1 unspecified atom stereocenters. The fourth-order valence-corrected chi connectivity index (χ4v) is 1.37. The van der Waals surface area contributed by atoms with Crippen molar-refractivity contribution in [1.82, 2.24) is 0 Å². The molecule has 76 valence electrons. The monoisotopic (exact) mass is 212 g/mol. The van der Waals surface area contributed by atoms with Gasteiger partial charge < -0.3 is 9.29 Å². The van der Waals surface area contributed by atoms with Crippen LogP contribution in [-0.4, -0.2) is 17.2 Å². The van der Waals surface area contributed by atoms with Gasteiger partial charge in [0.2, 0.25) is 0 Å². The van der Waals surface area contributed by atoms with E-state index in [1.165, 1.54) is 0 Å². The van der Waals surface area contributed by atoms with E-state index in [1.807, 2.05) is 30.3 Å². The maximum atomic E-state index is 11.0. The van der Waals surface area contributed by atoms with Crippen molar-refractivity contribution in [3.05, 3.63) is 30.3 Å². The smallest absolute Gasteiger partial charge is 0.320 e. The first-order valence-electron chi connectivity index (χ1n) is 4.29. The van der Waals surface area contributed by atoms with Gasteiger partial charge in [0.15, 0.2) is 0 Å². The summed E-state index contributed by atoms with van der Waals surface area (Å²) in [6, 6.07) is 9.32. The summed E-state index contributed by atoms with van der Waals surface area (Å²) in [6.07, 6.45) is -0.626. The Bertz CT molecular complexity index is 285. The van der Waals surface area contributed by atoms with Crippen LogP contribution in [0.5, 0.6) is 0 Å². The highest BCUT2D eigenvalue weighted by Crippen LogP contribution is 2.18. The van der Waals surface area contributed by atoms with Gasteiger partial charge in [-0.25, -0.2) is 0 Å². The van der Waals surface area contributed by atoms with Crippen LogP contribution < -0.4 is 0 Å². The molecule has 0 amide bonds. The zero-order chi connectivity index (χ0) is 10.4. The third-order valence-corrected chi connectivity index (χ3v) is 2.17. The van der Waals surface area contributed by atoms with Crippen LogP contribution in [0.25, 0.3) is 0 Å². The number of aliphatic hydroxyl groups is 1. The maximum Gasteiger partial charge on any atom is 0.320 e. The van der Waals surface area contributed by atoms with Gasteiger partial charge in [0.25, 0.3) is 0 Å². The summed E-state index contributed by atoms with van der Waals surface area (Å²) >= 11 is 1.01. The third kappa shape index (κ3) is 4.30. The highest BCUT2D eigenvalue weighted by Gasteiger charge is 2.08. The Labute approximate surface area is 87.3 Å². The van der Waals surface area contributed by atoms with Crippen LogP contribution in [0.4, 0.5) is 0 Å². The number of hydrogen-bond acceptors (Lipinski definition) is 4. The van der Waals surface area contributed by atoms with Gasteiger partial charge in [-0.15, -0.1) is 0 Å². The Hall–Kier alpha value is -1.00. The molecule has 0 aliphatic heterocycles. The number of carbonyl (C=O) groups excluding carboxylic acids is 1. The Balaban J connectivity index is 2.31. The van der Waals surface area contributed by atoms with E-state index >= 15 is 0 Å². The van der Waals surface area contributed by atoms with Crippen molar-refractivity contribution in [1.29, 1.82) is 0 Å². The second-order valence-corrected chi connectivity index (χ2v) is 3.71. The number of benzene rings is 1. The molecule has 0 saturated heterocycles. The van der Waals surface area contributed by atoms with Crippen molar-refractivity contribution in [2.75, 3.05) is 0 Å². The second kappa shape index (κ2) is 5.67. The molecular formula is C10H12O3S. The molecule has 0 fully saturated rings. The summed E-state index contributed by atoms with van der Waals surface area (Å²) < 4.78 is 4.86. The average Bonchev–Trinajstić information content (AvgIpc) is 2.15. The van der Waals surface area contributed by atoms with Crippen LogP contribution in [0, 0.1) is 0 Å². The fraction of sp³-hybridized carbons (Fsp3) is 0.300. The summed E-state index contributed by atoms with van der Waals surface area (Å²) in [4.78, 5) is 11.9. The predicted octanol–water partition coefficient (Wildman–Crippen LogP) is 2.01. The van der Waals surface area contributed by atoms with E-state index in [0.29, 0.717) is 0 Å². The van der Waals surface area contributed by atoms with Crippen molar-refractivity contribution in [2.45, 2.75) is 24.3 Å². The van der Waals surface area contributed by atoms with Gasteiger partial charge in [0, 0.05) is 4.90 Å². The predicted molar refractivity (Wildman–Crippen MR) is 54.7 cm³/mol. The molecular weight excluding hydrogens is 200 g/mol. The lowest BCUT2D eigenvalue weighted by Gasteiger charge is -2.03. The van der Waals surface area contributed by atoms with Gasteiger partial charge in [0.1, 0.15) is 0 Å². The molecule has 1 aromatic rings. The van der Waals surface area contributed by atoms with E-state index in [-0.39, 0.29) is 6.42 Å². The molecule has 0 radical (unpaired) electrons. The highest BCUT2D eigenvalue weighted by molar-refractivity contribution is 7.95. The number of aliphatic hydroxyl groups excluding tert-OH is 1. The van der Waals surface area contributed by atoms with Crippen molar-refractivity contribution < 1.29 is 14.1 Å². The minimum Gasteiger partial charge on any atom is -0.393 e. The molecule has 1 atom stereocenters. The van der Waals surface area contributed by atoms with Crippen LogP contribution in [0.2, 0.25) is 0 Å². The average molecular weight is 212 g/mol. The molecule has 0 aliphatic rings. The van der Waals surface area contributed by atoms with Gasteiger partial charge in [0.05, 0.1) is 24.6 Å². The zero-order valence-electron chi connectivity index (χ0n) is 7.84. The SMILES string of the molecule is CC(O)CC(=O)OSc1ccccc1. The van der Waals surface area contributed by atoms with Crippen molar-refractivity contribution in [3.8, 4) is 0 Å². The third-order valence-electron chi connectivity index (χ3n) is 1.44. The van der Waals surface area contributed by atoms with Crippen molar-refractivity contribution in [3.63, 3.8) is 0 Å². The number of rotatable bonds is 4. The quantitative estimate of drug-likeness (QED) is 0.775. The van der Waals surface area contributed by atoms with E-state index in [0.717, 1.165) is 16.9 Å². The lowest BCUT2D eigenvalue weighted by molar-refractivity contribution is -0.134. The molecule has 1 aromatic carbocycles. The molecule has 14 heavy (non-hydrogen) atoms. The van der Waals surface area contributed by atoms with E-state index in [2.05, 4.69) is 0 Å². The maximum absolute atomic E-state index is 11.0. The molecule has 0 saturated carbocycles. The minimum atomic E-state index is -0.654. The van der Waals surface area contributed by atoms with Crippen LogP contribution in [0.15, 0.2) is 35.2 Å². The number of carbonyl (C=O) groups is 1. The van der Waals surface area contributed by atoms with Gasteiger partial charge >= 0.3 is 5.97 Å². The summed E-state index contributed by atoms with van der Waals surface area (Å²) in [5.41, 5.74) is 0. The summed E-state index contributed by atoms with van der Waals surface area (Å²) in [5, 5.41) is 8.91. The molecule has 0 aromatic heterocycles. The molecule has 0 heterocycles.